The van der Waals surface area contributed by atoms with E-state index in [0.29, 0.717) is 0 Å². The summed E-state index contributed by atoms with van der Waals surface area (Å²) in [6, 6.07) is 18.4. The standard InChI is InChI=1S/C23H31NO2/c1-22(2,3)19-15-13-18(14-16-19)20(17-11-9-8-10-12-17)24(7)21(25)26-23(4,5)6/h8-16,20H,1-7H3. The summed E-state index contributed by atoms with van der Waals surface area (Å²) in [4.78, 5) is 14.3. The van der Waals surface area contributed by atoms with Crippen LogP contribution < -0.4 is 0 Å². The van der Waals surface area contributed by atoms with E-state index in [2.05, 4.69) is 45.0 Å². The van der Waals surface area contributed by atoms with Crippen molar-refractivity contribution in [2.45, 2.75) is 58.6 Å². The molecule has 1 atom stereocenters. The third kappa shape index (κ3) is 5.10. The second-order valence-corrected chi connectivity index (χ2v) is 8.78. The van der Waals surface area contributed by atoms with Crippen molar-refractivity contribution in [1.29, 1.82) is 0 Å². The van der Waals surface area contributed by atoms with Gasteiger partial charge in [-0.3, -0.25) is 0 Å². The van der Waals surface area contributed by atoms with Crippen LogP contribution in [0.2, 0.25) is 0 Å². The summed E-state index contributed by atoms with van der Waals surface area (Å²) in [5.41, 5.74) is 2.97. The summed E-state index contributed by atoms with van der Waals surface area (Å²) >= 11 is 0. The molecule has 2 rings (SSSR count). The molecule has 0 spiro atoms. The first kappa shape index (κ1) is 20.0. The number of nitrogens with zero attached hydrogens (tertiary/aromatic N) is 1. The Balaban J connectivity index is 2.41. The Kier molecular flexibility index (Phi) is 5.80. The molecule has 26 heavy (non-hydrogen) atoms. The van der Waals surface area contributed by atoms with Crippen LogP contribution in [0, 0.1) is 0 Å². The van der Waals surface area contributed by atoms with Gasteiger partial charge in [0.1, 0.15) is 5.60 Å². The van der Waals surface area contributed by atoms with Crippen LogP contribution in [0.1, 0.15) is 64.3 Å². The lowest BCUT2D eigenvalue weighted by molar-refractivity contribution is 0.0248. The average Bonchev–Trinajstić information content (AvgIpc) is 2.54. The summed E-state index contributed by atoms with van der Waals surface area (Å²) in [6.45, 7) is 12.2. The smallest absolute Gasteiger partial charge is 0.410 e. The fourth-order valence-corrected chi connectivity index (χ4v) is 2.88. The molecule has 0 aliphatic carbocycles. The van der Waals surface area contributed by atoms with Gasteiger partial charge in [-0.1, -0.05) is 75.4 Å². The van der Waals surface area contributed by atoms with Crippen molar-refractivity contribution in [2.24, 2.45) is 0 Å². The van der Waals surface area contributed by atoms with Gasteiger partial charge in [0.15, 0.2) is 0 Å². The fourth-order valence-electron chi connectivity index (χ4n) is 2.88. The van der Waals surface area contributed by atoms with Crippen molar-refractivity contribution in [3.05, 3.63) is 71.3 Å². The van der Waals surface area contributed by atoms with Gasteiger partial charge in [0.05, 0.1) is 6.04 Å². The molecule has 140 valence electrons. The van der Waals surface area contributed by atoms with Crippen LogP contribution in [0.4, 0.5) is 4.79 Å². The number of hydrogen-bond acceptors (Lipinski definition) is 2. The van der Waals surface area contributed by atoms with E-state index in [1.807, 2.05) is 51.1 Å². The molecule has 0 N–H and O–H groups in total. The molecule has 0 radical (unpaired) electrons. The summed E-state index contributed by atoms with van der Waals surface area (Å²) in [6.07, 6.45) is -0.328. The number of carbonyl (C=O) groups excluding carboxylic acids is 1. The van der Waals surface area contributed by atoms with E-state index in [-0.39, 0.29) is 17.6 Å². The third-order valence-electron chi connectivity index (χ3n) is 4.28. The number of ether oxygens (including phenoxy) is 1. The Bertz CT molecular complexity index is 722. The molecule has 0 aliphatic rings. The monoisotopic (exact) mass is 353 g/mol. The zero-order valence-corrected chi connectivity index (χ0v) is 17.0. The van der Waals surface area contributed by atoms with E-state index in [1.165, 1.54) is 5.56 Å². The van der Waals surface area contributed by atoms with Gasteiger partial charge in [-0.15, -0.1) is 0 Å². The molecule has 0 aliphatic heterocycles. The van der Waals surface area contributed by atoms with Gasteiger partial charge in [-0.2, -0.15) is 0 Å². The molecule has 0 saturated carbocycles. The highest BCUT2D eigenvalue weighted by atomic mass is 16.6. The van der Waals surface area contributed by atoms with Gasteiger partial charge in [0.2, 0.25) is 0 Å². The Morgan fingerprint density at radius 2 is 1.35 bits per heavy atom. The second kappa shape index (κ2) is 7.53. The van der Waals surface area contributed by atoms with Crippen molar-refractivity contribution in [3.63, 3.8) is 0 Å². The first-order valence-electron chi connectivity index (χ1n) is 9.10. The third-order valence-corrected chi connectivity index (χ3v) is 4.28. The van der Waals surface area contributed by atoms with Crippen molar-refractivity contribution in [2.75, 3.05) is 7.05 Å². The Labute approximate surface area is 158 Å². The van der Waals surface area contributed by atoms with E-state index in [4.69, 9.17) is 4.74 Å². The van der Waals surface area contributed by atoms with E-state index >= 15 is 0 Å². The summed E-state index contributed by atoms with van der Waals surface area (Å²) in [5.74, 6) is 0. The predicted octanol–water partition coefficient (Wildman–Crippen LogP) is 5.94. The highest BCUT2D eigenvalue weighted by Crippen LogP contribution is 2.31. The first-order chi connectivity index (χ1) is 12.0. The van der Waals surface area contributed by atoms with Crippen LogP contribution in [0.15, 0.2) is 54.6 Å². The maximum absolute atomic E-state index is 12.7. The minimum Gasteiger partial charge on any atom is -0.444 e. The maximum atomic E-state index is 12.7. The lowest BCUT2D eigenvalue weighted by atomic mass is 9.85. The average molecular weight is 354 g/mol. The first-order valence-corrected chi connectivity index (χ1v) is 9.10. The van der Waals surface area contributed by atoms with Crippen molar-refractivity contribution >= 4 is 6.09 Å². The Morgan fingerprint density at radius 1 is 0.846 bits per heavy atom. The van der Waals surface area contributed by atoms with E-state index in [9.17, 15) is 4.79 Å². The van der Waals surface area contributed by atoms with E-state index in [0.717, 1.165) is 11.1 Å². The highest BCUT2D eigenvalue weighted by Gasteiger charge is 2.28. The fraction of sp³-hybridized carbons (Fsp3) is 0.435. The SMILES string of the molecule is CN(C(=O)OC(C)(C)C)C(c1ccccc1)c1ccc(C(C)(C)C)cc1. The van der Waals surface area contributed by atoms with Crippen LogP contribution >= 0.6 is 0 Å². The van der Waals surface area contributed by atoms with Crippen LogP contribution in [0.25, 0.3) is 0 Å². The zero-order chi connectivity index (χ0) is 19.5. The second-order valence-electron chi connectivity index (χ2n) is 8.78. The molecular weight excluding hydrogens is 322 g/mol. The summed E-state index contributed by atoms with van der Waals surface area (Å²) in [7, 11) is 1.80. The highest BCUT2D eigenvalue weighted by molar-refractivity contribution is 5.69. The molecular formula is C23H31NO2. The lowest BCUT2D eigenvalue weighted by Gasteiger charge is -2.32. The number of benzene rings is 2. The minimum atomic E-state index is -0.525. The molecule has 2 aromatic rings. The predicted molar refractivity (Wildman–Crippen MR) is 107 cm³/mol. The van der Waals surface area contributed by atoms with Crippen molar-refractivity contribution in [1.82, 2.24) is 4.90 Å². The van der Waals surface area contributed by atoms with E-state index < -0.39 is 5.60 Å². The summed E-state index contributed by atoms with van der Waals surface area (Å²) in [5, 5.41) is 0. The molecule has 1 unspecified atom stereocenters. The molecule has 0 saturated heterocycles. The number of hydrogen-bond donors (Lipinski definition) is 0. The lowest BCUT2D eigenvalue weighted by Crippen LogP contribution is -2.37. The molecule has 3 heteroatoms. The Hall–Kier alpha value is -2.29. The number of rotatable bonds is 3. The van der Waals surface area contributed by atoms with Gasteiger partial charge in [-0.05, 0) is 42.9 Å². The van der Waals surface area contributed by atoms with Gasteiger partial charge in [0.25, 0.3) is 0 Å². The molecule has 1 amide bonds. The van der Waals surface area contributed by atoms with Crippen molar-refractivity contribution < 1.29 is 9.53 Å². The van der Waals surface area contributed by atoms with Gasteiger partial charge < -0.3 is 9.64 Å². The molecule has 0 heterocycles. The quantitative estimate of drug-likeness (QED) is 0.683. The number of carbonyl (C=O) groups is 1. The molecule has 0 aromatic heterocycles. The van der Waals surface area contributed by atoms with Crippen LogP contribution in [0.3, 0.4) is 0 Å². The topological polar surface area (TPSA) is 29.5 Å². The molecule has 0 fully saturated rings. The van der Waals surface area contributed by atoms with Crippen LogP contribution in [0.5, 0.6) is 0 Å². The van der Waals surface area contributed by atoms with Gasteiger partial charge in [0, 0.05) is 7.05 Å². The minimum absolute atomic E-state index is 0.0951. The summed E-state index contributed by atoms with van der Waals surface area (Å²) < 4.78 is 5.59. The molecule has 3 nitrogen and oxygen atoms in total. The number of amides is 1. The van der Waals surface area contributed by atoms with Crippen molar-refractivity contribution in [3.8, 4) is 0 Å². The Morgan fingerprint density at radius 3 is 1.81 bits per heavy atom. The van der Waals surface area contributed by atoms with Crippen LogP contribution in [-0.2, 0) is 10.2 Å². The molecule has 0 bridgehead atoms. The maximum Gasteiger partial charge on any atom is 0.410 e. The van der Waals surface area contributed by atoms with Gasteiger partial charge >= 0.3 is 6.09 Å². The van der Waals surface area contributed by atoms with Gasteiger partial charge in [-0.25, -0.2) is 4.79 Å². The van der Waals surface area contributed by atoms with Crippen LogP contribution in [-0.4, -0.2) is 23.6 Å². The molecule has 2 aromatic carbocycles. The zero-order valence-electron chi connectivity index (χ0n) is 17.0. The largest absolute Gasteiger partial charge is 0.444 e. The normalized spacial score (nSPS) is 13.2. The van der Waals surface area contributed by atoms with E-state index in [1.54, 1.807) is 11.9 Å².